The SMILES string of the molecule is O=C(N/N=C\C1CC2C=CC1C2)c1ccncc1. The predicted molar refractivity (Wildman–Crippen MR) is 69.0 cm³/mol. The minimum Gasteiger partial charge on any atom is -0.267 e. The van der Waals surface area contributed by atoms with E-state index in [1.54, 1.807) is 24.5 Å². The third-order valence-corrected chi connectivity index (χ3v) is 3.70. The minimum atomic E-state index is -0.188. The van der Waals surface area contributed by atoms with E-state index < -0.39 is 0 Å². The molecule has 1 amide bonds. The van der Waals surface area contributed by atoms with Gasteiger partial charge < -0.3 is 0 Å². The zero-order valence-corrected chi connectivity index (χ0v) is 9.99. The highest BCUT2D eigenvalue weighted by atomic mass is 16.2. The van der Waals surface area contributed by atoms with Crippen molar-refractivity contribution in [2.45, 2.75) is 12.8 Å². The summed E-state index contributed by atoms with van der Waals surface area (Å²) in [6, 6.07) is 3.34. The van der Waals surface area contributed by atoms with E-state index >= 15 is 0 Å². The Morgan fingerprint density at radius 1 is 1.33 bits per heavy atom. The van der Waals surface area contributed by atoms with Gasteiger partial charge in [-0.25, -0.2) is 5.43 Å². The molecule has 4 heteroatoms. The van der Waals surface area contributed by atoms with Crippen molar-refractivity contribution in [2.75, 3.05) is 0 Å². The molecule has 1 fully saturated rings. The molecule has 2 aliphatic rings. The van der Waals surface area contributed by atoms with Crippen LogP contribution in [0.2, 0.25) is 0 Å². The number of carbonyl (C=O) groups excluding carboxylic acids is 1. The number of allylic oxidation sites excluding steroid dienone is 2. The molecule has 92 valence electrons. The van der Waals surface area contributed by atoms with Crippen LogP contribution in [0.25, 0.3) is 0 Å². The average Bonchev–Trinajstić information content (AvgIpc) is 3.02. The first-order chi connectivity index (χ1) is 8.83. The zero-order chi connectivity index (χ0) is 12.4. The van der Waals surface area contributed by atoms with Gasteiger partial charge >= 0.3 is 0 Å². The van der Waals surface area contributed by atoms with Crippen LogP contribution in [0.5, 0.6) is 0 Å². The van der Waals surface area contributed by atoms with Gasteiger partial charge in [0.2, 0.25) is 0 Å². The molecular weight excluding hydrogens is 226 g/mol. The van der Waals surface area contributed by atoms with Crippen LogP contribution in [0.4, 0.5) is 0 Å². The monoisotopic (exact) mass is 241 g/mol. The number of carbonyl (C=O) groups is 1. The first-order valence-electron chi connectivity index (χ1n) is 6.25. The molecule has 3 unspecified atom stereocenters. The molecule has 0 aliphatic heterocycles. The lowest BCUT2D eigenvalue weighted by molar-refractivity contribution is 0.0955. The van der Waals surface area contributed by atoms with Crippen molar-refractivity contribution in [1.29, 1.82) is 0 Å². The van der Waals surface area contributed by atoms with E-state index in [1.165, 1.54) is 6.42 Å². The summed E-state index contributed by atoms with van der Waals surface area (Å²) in [4.78, 5) is 15.6. The number of hydrazone groups is 1. The van der Waals surface area contributed by atoms with Gasteiger partial charge in [-0.3, -0.25) is 9.78 Å². The van der Waals surface area contributed by atoms with E-state index in [-0.39, 0.29) is 5.91 Å². The third kappa shape index (κ3) is 2.18. The fraction of sp³-hybridized carbons (Fsp3) is 0.357. The third-order valence-electron chi connectivity index (χ3n) is 3.70. The maximum absolute atomic E-state index is 11.7. The summed E-state index contributed by atoms with van der Waals surface area (Å²) < 4.78 is 0. The molecule has 1 heterocycles. The van der Waals surface area contributed by atoms with Crippen molar-refractivity contribution < 1.29 is 4.79 Å². The lowest BCUT2D eigenvalue weighted by Gasteiger charge is -2.11. The highest BCUT2D eigenvalue weighted by Gasteiger charge is 2.34. The summed E-state index contributed by atoms with van der Waals surface area (Å²) in [7, 11) is 0. The van der Waals surface area contributed by atoms with Crippen molar-refractivity contribution in [2.24, 2.45) is 22.9 Å². The number of rotatable bonds is 3. The molecule has 3 atom stereocenters. The second-order valence-electron chi connectivity index (χ2n) is 4.90. The molecule has 0 spiro atoms. The molecule has 1 aromatic rings. The van der Waals surface area contributed by atoms with Gasteiger partial charge in [-0.1, -0.05) is 12.2 Å². The topological polar surface area (TPSA) is 54.4 Å². The second kappa shape index (κ2) is 4.72. The van der Waals surface area contributed by atoms with Crippen molar-refractivity contribution in [1.82, 2.24) is 10.4 Å². The maximum atomic E-state index is 11.7. The van der Waals surface area contributed by atoms with Crippen molar-refractivity contribution in [3.05, 3.63) is 42.2 Å². The Balaban J connectivity index is 1.55. The molecule has 2 bridgehead atoms. The van der Waals surface area contributed by atoms with Gasteiger partial charge in [-0.2, -0.15) is 5.10 Å². The summed E-state index contributed by atoms with van der Waals surface area (Å²) in [5, 5.41) is 4.07. The van der Waals surface area contributed by atoms with E-state index in [0.717, 1.165) is 12.3 Å². The molecule has 18 heavy (non-hydrogen) atoms. The minimum absolute atomic E-state index is 0.188. The van der Waals surface area contributed by atoms with Gasteiger partial charge in [0.15, 0.2) is 0 Å². The van der Waals surface area contributed by atoms with Crippen molar-refractivity contribution in [3.8, 4) is 0 Å². The van der Waals surface area contributed by atoms with Crippen LogP contribution in [0.3, 0.4) is 0 Å². The molecule has 2 aliphatic carbocycles. The van der Waals surface area contributed by atoms with Gasteiger partial charge in [0.05, 0.1) is 0 Å². The first kappa shape index (κ1) is 11.1. The van der Waals surface area contributed by atoms with Gasteiger partial charge in [0, 0.05) is 30.1 Å². The summed E-state index contributed by atoms with van der Waals surface area (Å²) >= 11 is 0. The van der Waals surface area contributed by atoms with Gasteiger partial charge in [-0.05, 0) is 36.8 Å². The van der Waals surface area contributed by atoms with Crippen molar-refractivity contribution in [3.63, 3.8) is 0 Å². The normalized spacial score (nSPS) is 29.0. The number of nitrogens with zero attached hydrogens (tertiary/aromatic N) is 2. The molecule has 1 saturated carbocycles. The van der Waals surface area contributed by atoms with Gasteiger partial charge in [0.25, 0.3) is 5.91 Å². The summed E-state index contributed by atoms with van der Waals surface area (Å²) in [5.41, 5.74) is 3.14. The average molecular weight is 241 g/mol. The lowest BCUT2D eigenvalue weighted by Crippen LogP contribution is -2.19. The summed E-state index contributed by atoms with van der Waals surface area (Å²) in [5.74, 6) is 1.64. The fourth-order valence-electron chi connectivity index (χ4n) is 2.75. The largest absolute Gasteiger partial charge is 0.271 e. The van der Waals surface area contributed by atoms with Crippen LogP contribution in [-0.4, -0.2) is 17.1 Å². The van der Waals surface area contributed by atoms with E-state index in [4.69, 9.17) is 0 Å². The Labute approximate surface area is 106 Å². The summed E-state index contributed by atoms with van der Waals surface area (Å²) in [6.45, 7) is 0. The number of pyridine rings is 1. The lowest BCUT2D eigenvalue weighted by atomic mass is 9.95. The van der Waals surface area contributed by atoms with E-state index in [2.05, 4.69) is 27.7 Å². The second-order valence-corrected chi connectivity index (χ2v) is 4.90. The predicted octanol–water partition coefficient (Wildman–Crippen LogP) is 2.01. The number of amides is 1. The van der Waals surface area contributed by atoms with Crippen LogP contribution in [-0.2, 0) is 0 Å². The molecule has 1 N–H and O–H groups in total. The number of hydrogen-bond acceptors (Lipinski definition) is 3. The maximum Gasteiger partial charge on any atom is 0.271 e. The number of hydrogen-bond donors (Lipinski definition) is 1. The molecule has 4 nitrogen and oxygen atoms in total. The Morgan fingerprint density at radius 2 is 2.17 bits per heavy atom. The van der Waals surface area contributed by atoms with Crippen LogP contribution in [0, 0.1) is 17.8 Å². The Bertz CT molecular complexity index is 495. The Morgan fingerprint density at radius 3 is 2.83 bits per heavy atom. The van der Waals surface area contributed by atoms with Crippen molar-refractivity contribution >= 4 is 12.1 Å². The quantitative estimate of drug-likeness (QED) is 0.500. The Hall–Kier alpha value is -1.97. The van der Waals surface area contributed by atoms with Crippen LogP contribution in [0.15, 0.2) is 41.8 Å². The number of aromatic nitrogens is 1. The number of nitrogens with one attached hydrogen (secondary N) is 1. The molecular formula is C14H15N3O. The molecule has 0 radical (unpaired) electrons. The van der Waals surface area contributed by atoms with Crippen LogP contribution >= 0.6 is 0 Å². The highest BCUT2D eigenvalue weighted by Crippen LogP contribution is 2.42. The van der Waals surface area contributed by atoms with Crippen LogP contribution in [0.1, 0.15) is 23.2 Å². The smallest absolute Gasteiger partial charge is 0.267 e. The van der Waals surface area contributed by atoms with Gasteiger partial charge in [0.1, 0.15) is 0 Å². The summed E-state index contributed by atoms with van der Waals surface area (Å²) in [6.07, 6.45) is 12.1. The zero-order valence-electron chi connectivity index (χ0n) is 9.99. The number of fused-ring (bicyclic) bond motifs is 2. The molecule has 1 aromatic heterocycles. The standard InChI is InChI=1S/C14H15N3O/c18-14(11-3-5-15-6-4-11)17-16-9-13-8-10-1-2-12(13)7-10/h1-6,9-10,12-13H,7-8H2,(H,17,18)/b16-9-. The van der Waals surface area contributed by atoms with Crippen LogP contribution < -0.4 is 5.43 Å². The fourth-order valence-corrected chi connectivity index (χ4v) is 2.75. The van der Waals surface area contributed by atoms with E-state index in [0.29, 0.717) is 17.4 Å². The first-order valence-corrected chi connectivity index (χ1v) is 6.25. The van der Waals surface area contributed by atoms with Gasteiger partial charge in [-0.15, -0.1) is 0 Å². The highest BCUT2D eigenvalue weighted by molar-refractivity contribution is 5.94. The molecule has 3 rings (SSSR count). The molecule has 0 saturated heterocycles. The van der Waals surface area contributed by atoms with E-state index in [9.17, 15) is 4.79 Å². The van der Waals surface area contributed by atoms with E-state index in [1.807, 2.05) is 6.21 Å². The Kier molecular flexibility index (Phi) is 2.92. The molecule has 0 aromatic carbocycles.